The van der Waals surface area contributed by atoms with Gasteiger partial charge in [0.1, 0.15) is 17.8 Å². The number of likely N-dealkylation sites (tertiary alicyclic amines) is 1. The molecular formula is C31H37F3N6O4. The molecule has 1 aliphatic heterocycles. The molecule has 2 heterocycles. The van der Waals surface area contributed by atoms with Crippen LogP contribution < -0.4 is 20.7 Å². The number of imidazole rings is 1. The van der Waals surface area contributed by atoms with Gasteiger partial charge in [0, 0.05) is 37.4 Å². The number of alkyl halides is 3. The Morgan fingerprint density at radius 3 is 2.66 bits per heavy atom. The largest absolute Gasteiger partial charge is 0.495 e. The average molecular weight is 615 g/mol. The zero-order chi connectivity index (χ0) is 31.9. The third-order valence-corrected chi connectivity index (χ3v) is 7.40. The van der Waals surface area contributed by atoms with Gasteiger partial charge < -0.3 is 34.9 Å². The summed E-state index contributed by atoms with van der Waals surface area (Å²) in [5.74, 6) is 5.94. The molecule has 0 saturated carbocycles. The fourth-order valence-electron chi connectivity index (χ4n) is 5.18. The van der Waals surface area contributed by atoms with Gasteiger partial charge in [0.25, 0.3) is 11.8 Å². The molecule has 1 fully saturated rings. The van der Waals surface area contributed by atoms with Crippen LogP contribution in [0.25, 0.3) is 11.0 Å². The van der Waals surface area contributed by atoms with Crippen LogP contribution in [0.5, 0.6) is 5.75 Å². The van der Waals surface area contributed by atoms with E-state index in [1.807, 2.05) is 7.05 Å². The minimum atomic E-state index is -4.47. The normalized spacial score (nSPS) is 17.1. The standard InChI is InChI=1S/C31H37F3N6O4/c1-20-17-39(2)12-9-24(20)38-30(42)23-14-21(15-26-28(23)37-19-40(26)18-31(32,33)34)6-5-10-35-25-16-22(7-8-27(25)44-4)29(41)36-11-13-43-3/h7-8,14-16,19-20,24,35H,9-13,17-18H2,1-4H3,(H,36,41)(H,38,42)/t20-,24-/m0/s1. The minimum absolute atomic E-state index is 0.0715. The van der Waals surface area contributed by atoms with Crippen LogP contribution in [0.1, 0.15) is 39.6 Å². The van der Waals surface area contributed by atoms with E-state index in [2.05, 4.69) is 44.6 Å². The number of amides is 2. The summed E-state index contributed by atoms with van der Waals surface area (Å²) in [4.78, 5) is 32.3. The number of nitrogens with one attached hydrogen (secondary N) is 3. The predicted octanol–water partition coefficient (Wildman–Crippen LogP) is 3.52. The van der Waals surface area contributed by atoms with Gasteiger partial charge in [-0.1, -0.05) is 18.8 Å². The summed E-state index contributed by atoms with van der Waals surface area (Å²) >= 11 is 0. The molecule has 2 amide bonds. The number of piperidine rings is 1. The van der Waals surface area contributed by atoms with E-state index in [4.69, 9.17) is 9.47 Å². The Kier molecular flexibility index (Phi) is 10.7. The molecule has 1 saturated heterocycles. The number of aromatic nitrogens is 2. The molecule has 0 spiro atoms. The molecule has 0 aliphatic carbocycles. The molecule has 13 heteroatoms. The quantitative estimate of drug-likeness (QED) is 0.237. The molecule has 1 aromatic heterocycles. The Hall–Kier alpha value is -4.28. The third-order valence-electron chi connectivity index (χ3n) is 7.40. The number of methoxy groups -OCH3 is 2. The molecule has 3 N–H and O–H groups in total. The summed E-state index contributed by atoms with van der Waals surface area (Å²) in [7, 11) is 5.07. The number of fused-ring (bicyclic) bond motifs is 1. The third kappa shape index (κ3) is 8.42. The fraction of sp³-hybridized carbons (Fsp3) is 0.452. The summed E-state index contributed by atoms with van der Waals surface area (Å²) in [5.41, 5.74) is 1.82. The van der Waals surface area contributed by atoms with Crippen LogP contribution in [0.2, 0.25) is 0 Å². The van der Waals surface area contributed by atoms with Gasteiger partial charge >= 0.3 is 6.18 Å². The second-order valence-corrected chi connectivity index (χ2v) is 10.8. The van der Waals surface area contributed by atoms with Crippen molar-refractivity contribution in [1.29, 1.82) is 0 Å². The Bertz CT molecular complexity index is 1540. The lowest BCUT2D eigenvalue weighted by molar-refractivity contribution is -0.139. The van der Waals surface area contributed by atoms with Crippen LogP contribution in [0, 0.1) is 17.8 Å². The van der Waals surface area contributed by atoms with Crippen molar-refractivity contribution in [3.05, 3.63) is 53.3 Å². The number of ether oxygens (including phenoxy) is 2. The van der Waals surface area contributed by atoms with Crippen molar-refractivity contribution in [3.8, 4) is 17.6 Å². The van der Waals surface area contributed by atoms with Crippen molar-refractivity contribution in [2.75, 3.05) is 59.4 Å². The van der Waals surface area contributed by atoms with Gasteiger partial charge in [0.15, 0.2) is 0 Å². The molecule has 0 bridgehead atoms. The molecule has 3 aromatic rings. The molecule has 1 aliphatic rings. The summed E-state index contributed by atoms with van der Waals surface area (Å²) in [5, 5.41) is 8.94. The summed E-state index contributed by atoms with van der Waals surface area (Å²) in [6.07, 6.45) is -2.62. The molecule has 2 atom stereocenters. The molecule has 4 rings (SSSR count). The number of carbonyl (C=O) groups excluding carboxylic acids is 2. The summed E-state index contributed by atoms with van der Waals surface area (Å²) < 4.78 is 51.3. The monoisotopic (exact) mass is 614 g/mol. The van der Waals surface area contributed by atoms with Crippen molar-refractivity contribution < 1.29 is 32.2 Å². The summed E-state index contributed by atoms with van der Waals surface area (Å²) in [6.45, 7) is 3.33. The molecule has 0 unspecified atom stereocenters. The van der Waals surface area contributed by atoms with Crippen molar-refractivity contribution in [3.63, 3.8) is 0 Å². The van der Waals surface area contributed by atoms with Gasteiger partial charge in [-0.25, -0.2) is 4.98 Å². The second kappa shape index (κ2) is 14.5. The van der Waals surface area contributed by atoms with E-state index in [0.29, 0.717) is 35.7 Å². The van der Waals surface area contributed by atoms with Crippen molar-refractivity contribution in [1.82, 2.24) is 25.1 Å². The van der Waals surface area contributed by atoms with Crippen LogP contribution in [0.15, 0.2) is 36.7 Å². The topological polar surface area (TPSA) is 110 Å². The zero-order valence-electron chi connectivity index (χ0n) is 25.2. The molecule has 236 valence electrons. The fourth-order valence-corrected chi connectivity index (χ4v) is 5.18. The smallest absolute Gasteiger partial charge is 0.406 e. The van der Waals surface area contributed by atoms with E-state index in [0.717, 1.165) is 30.4 Å². The number of rotatable bonds is 10. The van der Waals surface area contributed by atoms with Gasteiger partial charge in [0.2, 0.25) is 0 Å². The Morgan fingerprint density at radius 2 is 1.95 bits per heavy atom. The van der Waals surface area contributed by atoms with Crippen LogP contribution in [-0.4, -0.2) is 92.5 Å². The molecule has 44 heavy (non-hydrogen) atoms. The molecule has 10 nitrogen and oxygen atoms in total. The van der Waals surface area contributed by atoms with Crippen LogP contribution >= 0.6 is 0 Å². The van der Waals surface area contributed by atoms with Crippen molar-refractivity contribution >= 4 is 28.5 Å². The number of halogens is 3. The summed E-state index contributed by atoms with van der Waals surface area (Å²) in [6, 6.07) is 7.92. The molecule has 2 aromatic carbocycles. The first-order valence-corrected chi connectivity index (χ1v) is 14.2. The van der Waals surface area contributed by atoms with Gasteiger partial charge in [0.05, 0.1) is 43.4 Å². The first kappa shape index (κ1) is 32.6. The van der Waals surface area contributed by atoms with Gasteiger partial charge in [-0.2, -0.15) is 13.2 Å². The Balaban J connectivity index is 1.57. The minimum Gasteiger partial charge on any atom is -0.495 e. The number of nitrogens with zero attached hydrogens (tertiary/aromatic N) is 3. The maximum atomic E-state index is 13.4. The second-order valence-electron chi connectivity index (χ2n) is 10.8. The van der Waals surface area contributed by atoms with Crippen molar-refractivity contribution in [2.45, 2.75) is 32.1 Å². The molecular weight excluding hydrogens is 577 g/mol. The lowest BCUT2D eigenvalue weighted by Crippen LogP contribution is -2.48. The number of hydrogen-bond acceptors (Lipinski definition) is 7. The zero-order valence-corrected chi connectivity index (χ0v) is 25.2. The highest BCUT2D eigenvalue weighted by Crippen LogP contribution is 2.27. The average Bonchev–Trinajstić information content (AvgIpc) is 3.37. The first-order chi connectivity index (χ1) is 21.0. The van der Waals surface area contributed by atoms with E-state index in [9.17, 15) is 22.8 Å². The van der Waals surface area contributed by atoms with Gasteiger partial charge in [-0.05, 0) is 56.3 Å². The number of anilines is 1. The van der Waals surface area contributed by atoms with Crippen LogP contribution in [0.4, 0.5) is 18.9 Å². The number of hydrogen-bond donors (Lipinski definition) is 3. The van der Waals surface area contributed by atoms with Gasteiger partial charge in [-0.3, -0.25) is 9.59 Å². The van der Waals surface area contributed by atoms with E-state index < -0.39 is 18.6 Å². The van der Waals surface area contributed by atoms with Crippen LogP contribution in [0.3, 0.4) is 0 Å². The first-order valence-electron chi connectivity index (χ1n) is 14.2. The number of benzene rings is 2. The van der Waals surface area contributed by atoms with Crippen LogP contribution in [-0.2, 0) is 11.3 Å². The Labute approximate surface area is 254 Å². The highest BCUT2D eigenvalue weighted by atomic mass is 19.4. The molecule has 0 radical (unpaired) electrons. The highest BCUT2D eigenvalue weighted by molar-refractivity contribution is 6.05. The van der Waals surface area contributed by atoms with E-state index >= 15 is 0 Å². The maximum absolute atomic E-state index is 13.4. The predicted molar refractivity (Wildman–Crippen MR) is 161 cm³/mol. The maximum Gasteiger partial charge on any atom is 0.406 e. The SMILES string of the molecule is COCCNC(=O)c1ccc(OC)c(NCC#Cc2cc(C(=O)N[C@H]3CCN(C)C[C@@H]3C)c3ncn(CC(F)(F)F)c3c2)c1. The lowest BCUT2D eigenvalue weighted by atomic mass is 9.93. The Morgan fingerprint density at radius 1 is 1.16 bits per heavy atom. The lowest BCUT2D eigenvalue weighted by Gasteiger charge is -2.35. The highest BCUT2D eigenvalue weighted by Gasteiger charge is 2.30. The number of carbonyl (C=O) groups is 2. The van der Waals surface area contributed by atoms with E-state index in [1.54, 1.807) is 31.4 Å². The van der Waals surface area contributed by atoms with Gasteiger partial charge in [-0.15, -0.1) is 0 Å². The van der Waals surface area contributed by atoms with E-state index in [-0.39, 0.29) is 41.0 Å². The van der Waals surface area contributed by atoms with E-state index in [1.165, 1.54) is 13.2 Å². The van der Waals surface area contributed by atoms with Crippen molar-refractivity contribution in [2.24, 2.45) is 5.92 Å².